The van der Waals surface area contributed by atoms with Gasteiger partial charge in [-0.05, 0) is 54.9 Å². The Hall–Kier alpha value is -2.14. The van der Waals surface area contributed by atoms with E-state index in [0.29, 0.717) is 10.8 Å². The molecule has 3 nitrogen and oxygen atoms in total. The minimum absolute atomic E-state index is 0.288. The topological polar surface area (TPSA) is 33.3 Å². The molecule has 2 N–H and O–H groups in total. The van der Waals surface area contributed by atoms with Crippen LogP contribution in [0.15, 0.2) is 48.5 Å². The number of hydrogen-bond donors (Lipinski definition) is 2. The number of thiocarbonyl (C=S) groups is 1. The van der Waals surface area contributed by atoms with E-state index in [1.807, 2.05) is 18.2 Å². The van der Waals surface area contributed by atoms with Crippen LogP contribution in [-0.4, -0.2) is 18.8 Å². The fourth-order valence-electron chi connectivity index (χ4n) is 2.13. The number of halogens is 1. The quantitative estimate of drug-likeness (QED) is 0.628. The van der Waals surface area contributed by atoms with E-state index in [0.717, 1.165) is 25.1 Å². The number of hydrogen-bond acceptors (Lipinski definition) is 2. The standard InChI is InChI=1S/C17H19FN2OS/c1-21-16-10-3-2-6-13(16)7-5-11-19-17(22)20-15-9-4-8-14(18)12-15/h2-4,6,8-10,12H,5,7,11H2,1H3,(H2,19,20,22). The van der Waals surface area contributed by atoms with Gasteiger partial charge in [-0.1, -0.05) is 24.3 Å². The molecule has 0 spiro atoms. The molecule has 0 saturated carbocycles. The second kappa shape index (κ2) is 8.34. The average Bonchev–Trinajstić information content (AvgIpc) is 2.52. The highest BCUT2D eigenvalue weighted by molar-refractivity contribution is 7.80. The van der Waals surface area contributed by atoms with Gasteiger partial charge in [0.15, 0.2) is 5.11 Å². The smallest absolute Gasteiger partial charge is 0.170 e. The third kappa shape index (κ3) is 5.00. The van der Waals surface area contributed by atoms with Crippen molar-refractivity contribution >= 4 is 23.0 Å². The predicted molar refractivity (Wildman–Crippen MR) is 91.9 cm³/mol. The molecule has 22 heavy (non-hydrogen) atoms. The highest BCUT2D eigenvalue weighted by Gasteiger charge is 2.02. The third-order valence-electron chi connectivity index (χ3n) is 3.18. The second-order valence-corrected chi connectivity index (χ2v) is 5.21. The fraction of sp³-hybridized carbons (Fsp3) is 0.235. The first kappa shape index (κ1) is 16.2. The van der Waals surface area contributed by atoms with Gasteiger partial charge < -0.3 is 15.4 Å². The Morgan fingerprint density at radius 3 is 2.77 bits per heavy atom. The lowest BCUT2D eigenvalue weighted by atomic mass is 10.1. The summed E-state index contributed by atoms with van der Waals surface area (Å²) >= 11 is 5.19. The Kier molecular flexibility index (Phi) is 6.15. The van der Waals surface area contributed by atoms with E-state index in [1.165, 1.54) is 17.7 Å². The van der Waals surface area contributed by atoms with Crippen LogP contribution < -0.4 is 15.4 Å². The maximum absolute atomic E-state index is 13.1. The summed E-state index contributed by atoms with van der Waals surface area (Å²) in [4.78, 5) is 0. The summed E-state index contributed by atoms with van der Waals surface area (Å²) in [6.07, 6.45) is 1.82. The first-order valence-corrected chi connectivity index (χ1v) is 7.52. The minimum Gasteiger partial charge on any atom is -0.496 e. The Labute approximate surface area is 135 Å². The molecule has 0 radical (unpaired) electrons. The van der Waals surface area contributed by atoms with Gasteiger partial charge in [0.2, 0.25) is 0 Å². The average molecular weight is 318 g/mol. The summed E-state index contributed by atoms with van der Waals surface area (Å²) in [7, 11) is 1.68. The van der Waals surface area contributed by atoms with Crippen LogP contribution in [0.5, 0.6) is 5.75 Å². The highest BCUT2D eigenvalue weighted by atomic mass is 32.1. The van der Waals surface area contributed by atoms with Gasteiger partial charge >= 0.3 is 0 Å². The molecule has 0 aliphatic heterocycles. The van der Waals surface area contributed by atoms with Crippen molar-refractivity contribution in [3.63, 3.8) is 0 Å². The number of para-hydroxylation sites is 1. The van der Waals surface area contributed by atoms with Crippen LogP contribution in [0, 0.1) is 5.82 Å². The summed E-state index contributed by atoms with van der Waals surface area (Å²) in [5, 5.41) is 6.57. The van der Waals surface area contributed by atoms with E-state index < -0.39 is 0 Å². The van der Waals surface area contributed by atoms with Crippen LogP contribution in [0.3, 0.4) is 0 Å². The predicted octanol–water partition coefficient (Wildman–Crippen LogP) is 3.75. The molecule has 0 aliphatic rings. The molecule has 0 aromatic heterocycles. The third-order valence-corrected chi connectivity index (χ3v) is 3.43. The lowest BCUT2D eigenvalue weighted by Crippen LogP contribution is -2.29. The first-order chi connectivity index (χ1) is 10.7. The maximum Gasteiger partial charge on any atom is 0.170 e. The molecule has 0 fully saturated rings. The van der Waals surface area contributed by atoms with Crippen molar-refractivity contribution in [2.75, 3.05) is 19.0 Å². The van der Waals surface area contributed by atoms with E-state index in [4.69, 9.17) is 17.0 Å². The Balaban J connectivity index is 1.73. The number of methoxy groups -OCH3 is 1. The van der Waals surface area contributed by atoms with Crippen LogP contribution in [-0.2, 0) is 6.42 Å². The van der Waals surface area contributed by atoms with Crippen LogP contribution >= 0.6 is 12.2 Å². The molecule has 0 saturated heterocycles. The zero-order chi connectivity index (χ0) is 15.8. The Morgan fingerprint density at radius 1 is 1.18 bits per heavy atom. The maximum atomic E-state index is 13.1. The van der Waals surface area contributed by atoms with Gasteiger partial charge in [-0.3, -0.25) is 0 Å². The molecular weight excluding hydrogens is 299 g/mol. The lowest BCUT2D eigenvalue weighted by Gasteiger charge is -2.11. The van der Waals surface area contributed by atoms with Crippen molar-refractivity contribution in [1.82, 2.24) is 5.32 Å². The van der Waals surface area contributed by atoms with Gasteiger partial charge in [-0.2, -0.15) is 0 Å². The lowest BCUT2D eigenvalue weighted by molar-refractivity contribution is 0.409. The molecule has 5 heteroatoms. The van der Waals surface area contributed by atoms with E-state index in [1.54, 1.807) is 19.2 Å². The largest absolute Gasteiger partial charge is 0.496 e. The van der Waals surface area contributed by atoms with Crippen molar-refractivity contribution in [1.29, 1.82) is 0 Å². The van der Waals surface area contributed by atoms with Crippen LogP contribution in [0.4, 0.5) is 10.1 Å². The molecule has 2 aromatic carbocycles. The number of ether oxygens (including phenoxy) is 1. The minimum atomic E-state index is -0.288. The van der Waals surface area contributed by atoms with E-state index >= 15 is 0 Å². The monoisotopic (exact) mass is 318 g/mol. The van der Waals surface area contributed by atoms with E-state index in [-0.39, 0.29) is 5.82 Å². The summed E-state index contributed by atoms with van der Waals surface area (Å²) < 4.78 is 18.4. The summed E-state index contributed by atoms with van der Waals surface area (Å²) in [5.41, 5.74) is 1.82. The normalized spacial score (nSPS) is 10.1. The van der Waals surface area contributed by atoms with Gasteiger partial charge in [0.1, 0.15) is 11.6 Å². The zero-order valence-electron chi connectivity index (χ0n) is 12.4. The van der Waals surface area contributed by atoms with Crippen LogP contribution in [0.2, 0.25) is 0 Å². The molecule has 0 amide bonds. The summed E-state index contributed by atoms with van der Waals surface area (Å²) in [6, 6.07) is 14.2. The SMILES string of the molecule is COc1ccccc1CCCNC(=S)Nc1cccc(F)c1. The molecule has 0 bridgehead atoms. The van der Waals surface area contributed by atoms with Crippen LogP contribution in [0.25, 0.3) is 0 Å². The zero-order valence-corrected chi connectivity index (χ0v) is 13.3. The molecular formula is C17H19FN2OS. The molecule has 2 rings (SSSR count). The van der Waals surface area contributed by atoms with Gasteiger partial charge in [0, 0.05) is 12.2 Å². The number of rotatable bonds is 6. The van der Waals surface area contributed by atoms with E-state index in [9.17, 15) is 4.39 Å². The summed E-state index contributed by atoms with van der Waals surface area (Å²) in [6.45, 7) is 0.735. The second-order valence-electron chi connectivity index (χ2n) is 4.81. The van der Waals surface area contributed by atoms with Crippen molar-refractivity contribution in [2.24, 2.45) is 0 Å². The fourth-order valence-corrected chi connectivity index (χ4v) is 2.35. The molecule has 2 aromatic rings. The molecule has 0 aliphatic carbocycles. The Morgan fingerprint density at radius 2 is 2.00 bits per heavy atom. The molecule has 116 valence electrons. The van der Waals surface area contributed by atoms with Gasteiger partial charge in [0.05, 0.1) is 7.11 Å². The molecule has 0 unspecified atom stereocenters. The van der Waals surface area contributed by atoms with Gasteiger partial charge in [0.25, 0.3) is 0 Å². The van der Waals surface area contributed by atoms with Crippen molar-refractivity contribution < 1.29 is 9.13 Å². The van der Waals surface area contributed by atoms with Gasteiger partial charge in [-0.15, -0.1) is 0 Å². The van der Waals surface area contributed by atoms with Crippen molar-refractivity contribution in [3.8, 4) is 5.75 Å². The molecule has 0 heterocycles. The molecule has 0 atom stereocenters. The number of benzene rings is 2. The number of nitrogens with one attached hydrogen (secondary N) is 2. The van der Waals surface area contributed by atoms with Crippen LogP contribution in [0.1, 0.15) is 12.0 Å². The van der Waals surface area contributed by atoms with Gasteiger partial charge in [-0.25, -0.2) is 4.39 Å². The number of aryl methyl sites for hydroxylation is 1. The number of anilines is 1. The van der Waals surface area contributed by atoms with Crippen molar-refractivity contribution in [2.45, 2.75) is 12.8 Å². The Bertz CT molecular complexity index is 634. The van der Waals surface area contributed by atoms with Crippen molar-refractivity contribution in [3.05, 3.63) is 59.9 Å². The summed E-state index contributed by atoms with van der Waals surface area (Å²) in [5.74, 6) is 0.618. The van der Waals surface area contributed by atoms with E-state index in [2.05, 4.69) is 16.7 Å². The first-order valence-electron chi connectivity index (χ1n) is 7.11. The highest BCUT2D eigenvalue weighted by Crippen LogP contribution is 2.18.